The first-order valence-corrected chi connectivity index (χ1v) is 8.92. The van der Waals surface area contributed by atoms with Gasteiger partial charge in [-0.25, -0.2) is 0 Å². The van der Waals surface area contributed by atoms with Crippen molar-refractivity contribution in [1.29, 1.82) is 0 Å². The van der Waals surface area contributed by atoms with E-state index in [2.05, 4.69) is 13.8 Å². The predicted molar refractivity (Wildman–Crippen MR) is 74.9 cm³/mol. The van der Waals surface area contributed by atoms with E-state index in [1.807, 2.05) is 0 Å². The summed E-state index contributed by atoms with van der Waals surface area (Å²) in [6.45, 7) is 5.18. The van der Waals surface area contributed by atoms with Crippen LogP contribution in [0.2, 0.25) is 0 Å². The van der Waals surface area contributed by atoms with E-state index in [4.69, 9.17) is 9.26 Å². The van der Waals surface area contributed by atoms with E-state index in [0.29, 0.717) is 13.2 Å². The van der Waals surface area contributed by atoms with Crippen LogP contribution in [0.25, 0.3) is 0 Å². The van der Waals surface area contributed by atoms with E-state index in [-0.39, 0.29) is 6.35 Å². The minimum absolute atomic E-state index is 0.174. The zero-order valence-electron chi connectivity index (χ0n) is 11.9. The Morgan fingerprint density at radius 2 is 1.44 bits per heavy atom. The van der Waals surface area contributed by atoms with Crippen molar-refractivity contribution in [2.45, 2.75) is 65.2 Å². The third-order valence-electron chi connectivity index (χ3n) is 2.69. The van der Waals surface area contributed by atoms with Crippen LogP contribution in [0, 0.1) is 0 Å². The van der Waals surface area contributed by atoms with Crippen molar-refractivity contribution in [3.63, 3.8) is 0 Å². The fourth-order valence-corrected chi connectivity index (χ4v) is 2.43. The Kier molecular flexibility index (Phi) is 12.2. The third kappa shape index (κ3) is 12.6. The molecule has 1 unspecified atom stereocenters. The summed E-state index contributed by atoms with van der Waals surface area (Å²) >= 11 is 0. The Bertz CT molecular complexity index is 221. The molecule has 0 radical (unpaired) electrons. The summed E-state index contributed by atoms with van der Waals surface area (Å²) in [5, 5.41) is 0. The summed E-state index contributed by atoms with van der Waals surface area (Å²) in [5.74, 6) is 0. The second kappa shape index (κ2) is 12.2. The van der Waals surface area contributed by atoms with E-state index >= 15 is 0 Å². The van der Waals surface area contributed by atoms with Crippen molar-refractivity contribution < 1.29 is 18.7 Å². The van der Waals surface area contributed by atoms with Crippen LogP contribution < -0.4 is 0 Å². The van der Waals surface area contributed by atoms with Gasteiger partial charge in [0.25, 0.3) is 0 Å². The highest BCUT2D eigenvalue weighted by atomic mass is 31.2. The summed E-state index contributed by atoms with van der Waals surface area (Å²) in [7, 11) is -3.52. The molecule has 18 heavy (non-hydrogen) atoms. The van der Waals surface area contributed by atoms with Gasteiger partial charge in [0, 0.05) is 6.61 Å². The van der Waals surface area contributed by atoms with Crippen LogP contribution in [-0.2, 0) is 13.8 Å². The highest BCUT2D eigenvalue weighted by Crippen LogP contribution is 2.41. The lowest BCUT2D eigenvalue weighted by Crippen LogP contribution is -2.02. The molecule has 0 aliphatic heterocycles. The molecule has 0 aliphatic rings. The molecule has 0 fully saturated rings. The fourth-order valence-electron chi connectivity index (χ4n) is 1.58. The molecule has 1 atom stereocenters. The van der Waals surface area contributed by atoms with E-state index in [0.717, 1.165) is 38.5 Å². The van der Waals surface area contributed by atoms with Crippen molar-refractivity contribution in [1.82, 2.24) is 0 Å². The summed E-state index contributed by atoms with van der Waals surface area (Å²) in [4.78, 5) is 9.48. The molecule has 0 rings (SSSR count). The lowest BCUT2D eigenvalue weighted by molar-refractivity contribution is 0.140. The van der Waals surface area contributed by atoms with Crippen LogP contribution in [0.15, 0.2) is 0 Å². The van der Waals surface area contributed by atoms with Crippen molar-refractivity contribution in [3.05, 3.63) is 0 Å². The zero-order chi connectivity index (χ0) is 13.7. The summed E-state index contributed by atoms with van der Waals surface area (Å²) in [5.41, 5.74) is 0. The maximum absolute atomic E-state index is 11.5. The molecule has 0 aliphatic carbocycles. The Hall–Kier alpha value is 0.110. The highest BCUT2D eigenvalue weighted by molar-refractivity contribution is 7.52. The van der Waals surface area contributed by atoms with Gasteiger partial charge in [0.15, 0.2) is 0 Å². The molecule has 4 nitrogen and oxygen atoms in total. The van der Waals surface area contributed by atoms with E-state index < -0.39 is 7.60 Å². The SMILES string of the molecule is CCCCCCOCP(=O)(O)OCCCCCC. The molecule has 110 valence electrons. The first kappa shape index (κ1) is 18.1. The van der Waals surface area contributed by atoms with Gasteiger partial charge in [-0.15, -0.1) is 0 Å². The molecule has 0 aromatic rings. The van der Waals surface area contributed by atoms with Gasteiger partial charge in [-0.3, -0.25) is 4.57 Å². The second-order valence-corrected chi connectivity index (χ2v) is 6.42. The van der Waals surface area contributed by atoms with E-state index in [1.165, 1.54) is 12.8 Å². The standard InChI is InChI=1S/C13H29O4P/c1-3-5-7-9-11-16-13-18(14,15)17-12-10-8-6-4-2/h3-13H2,1-2H3,(H,14,15). The minimum atomic E-state index is -3.52. The summed E-state index contributed by atoms with van der Waals surface area (Å²) in [6, 6.07) is 0. The van der Waals surface area contributed by atoms with Crippen molar-refractivity contribution in [2.75, 3.05) is 19.6 Å². The van der Waals surface area contributed by atoms with Crippen LogP contribution in [0.4, 0.5) is 0 Å². The van der Waals surface area contributed by atoms with Gasteiger partial charge in [0.05, 0.1) is 6.61 Å². The molecule has 0 heterocycles. The molecule has 0 bridgehead atoms. The first-order chi connectivity index (χ1) is 8.62. The lowest BCUT2D eigenvalue weighted by Gasteiger charge is -2.12. The number of hydrogen-bond acceptors (Lipinski definition) is 3. The Morgan fingerprint density at radius 3 is 2.00 bits per heavy atom. The molecule has 0 amide bonds. The van der Waals surface area contributed by atoms with Crippen LogP contribution in [0.5, 0.6) is 0 Å². The van der Waals surface area contributed by atoms with Gasteiger partial charge in [-0.2, -0.15) is 0 Å². The fraction of sp³-hybridized carbons (Fsp3) is 1.00. The monoisotopic (exact) mass is 280 g/mol. The van der Waals surface area contributed by atoms with Gasteiger partial charge in [0.1, 0.15) is 6.35 Å². The van der Waals surface area contributed by atoms with Crippen molar-refractivity contribution in [3.8, 4) is 0 Å². The van der Waals surface area contributed by atoms with Crippen molar-refractivity contribution >= 4 is 7.60 Å². The first-order valence-electron chi connectivity index (χ1n) is 7.16. The zero-order valence-corrected chi connectivity index (χ0v) is 12.8. The number of ether oxygens (including phenoxy) is 1. The number of unbranched alkanes of at least 4 members (excludes halogenated alkanes) is 6. The summed E-state index contributed by atoms with van der Waals surface area (Å²) < 4.78 is 21.7. The molecular weight excluding hydrogens is 251 g/mol. The van der Waals surface area contributed by atoms with Crippen LogP contribution in [0.3, 0.4) is 0 Å². The van der Waals surface area contributed by atoms with Gasteiger partial charge >= 0.3 is 7.60 Å². The van der Waals surface area contributed by atoms with E-state index in [1.54, 1.807) is 0 Å². The lowest BCUT2D eigenvalue weighted by atomic mass is 10.2. The van der Waals surface area contributed by atoms with Gasteiger partial charge in [-0.05, 0) is 12.8 Å². The smallest absolute Gasteiger partial charge is 0.353 e. The average molecular weight is 280 g/mol. The molecular formula is C13H29O4P. The Morgan fingerprint density at radius 1 is 0.889 bits per heavy atom. The van der Waals surface area contributed by atoms with Crippen molar-refractivity contribution in [2.24, 2.45) is 0 Å². The topological polar surface area (TPSA) is 55.8 Å². The third-order valence-corrected chi connectivity index (χ3v) is 3.78. The maximum Gasteiger partial charge on any atom is 0.353 e. The molecule has 0 saturated carbocycles. The van der Waals surface area contributed by atoms with E-state index in [9.17, 15) is 9.46 Å². The Labute approximate surface area is 112 Å². The molecule has 1 N–H and O–H groups in total. The highest BCUT2D eigenvalue weighted by Gasteiger charge is 2.18. The van der Waals surface area contributed by atoms with Gasteiger partial charge < -0.3 is 14.2 Å². The average Bonchev–Trinajstić information content (AvgIpc) is 2.33. The maximum atomic E-state index is 11.5. The summed E-state index contributed by atoms with van der Waals surface area (Å²) in [6.07, 6.45) is 8.45. The minimum Gasteiger partial charge on any atom is -0.369 e. The quantitative estimate of drug-likeness (QED) is 0.403. The van der Waals surface area contributed by atoms with Crippen LogP contribution in [0.1, 0.15) is 65.2 Å². The number of rotatable bonds is 13. The molecule has 0 aromatic carbocycles. The molecule has 5 heteroatoms. The largest absolute Gasteiger partial charge is 0.369 e. The Balaban J connectivity index is 3.40. The predicted octanol–water partition coefficient (Wildman–Crippen LogP) is 4.32. The van der Waals surface area contributed by atoms with Crippen LogP contribution in [-0.4, -0.2) is 24.5 Å². The van der Waals surface area contributed by atoms with Gasteiger partial charge in [-0.1, -0.05) is 52.4 Å². The molecule has 0 spiro atoms. The molecule has 0 aromatic heterocycles. The second-order valence-electron chi connectivity index (χ2n) is 4.63. The number of hydrogen-bond donors (Lipinski definition) is 1. The van der Waals surface area contributed by atoms with Crippen LogP contribution >= 0.6 is 7.60 Å². The molecule has 0 saturated heterocycles. The van der Waals surface area contributed by atoms with Gasteiger partial charge in [0.2, 0.25) is 0 Å². The normalized spacial score (nSPS) is 14.6.